The number of aromatic nitrogens is 1. The smallest absolute Gasteiger partial charge is 0.308 e. The van der Waals surface area contributed by atoms with Crippen molar-refractivity contribution >= 4 is 17.6 Å². The van der Waals surface area contributed by atoms with Crippen LogP contribution in [0.4, 0.5) is 0 Å². The maximum atomic E-state index is 11.1. The summed E-state index contributed by atoms with van der Waals surface area (Å²) in [6.45, 7) is 1.31. The number of nitrogens with one attached hydrogen (secondary N) is 1. The highest BCUT2D eigenvalue weighted by atomic mass is 35.5. The number of halogens is 1. The predicted octanol–water partition coefficient (Wildman–Crippen LogP) is 1.51. The first-order chi connectivity index (χ1) is 7.70. The van der Waals surface area contributed by atoms with Crippen molar-refractivity contribution in [1.29, 1.82) is 0 Å². The summed E-state index contributed by atoms with van der Waals surface area (Å²) in [6.07, 6.45) is 4.07. The van der Waals surface area contributed by atoms with Gasteiger partial charge in [-0.3, -0.25) is 9.78 Å². The topological polar surface area (TPSA) is 62.2 Å². The van der Waals surface area contributed by atoms with Gasteiger partial charge in [0.15, 0.2) is 0 Å². The van der Waals surface area contributed by atoms with E-state index in [1.807, 2.05) is 0 Å². The first-order valence-corrected chi connectivity index (χ1v) is 5.61. The lowest BCUT2D eigenvalue weighted by Crippen LogP contribution is -2.39. The molecular formula is C11H13ClN2O2. The molecule has 16 heavy (non-hydrogen) atoms. The number of carboxylic acids is 1. The van der Waals surface area contributed by atoms with Gasteiger partial charge in [-0.05, 0) is 24.6 Å². The summed E-state index contributed by atoms with van der Waals surface area (Å²) in [6, 6.07) is 1.71. The lowest BCUT2D eigenvalue weighted by Gasteiger charge is -2.29. The Morgan fingerprint density at radius 1 is 1.62 bits per heavy atom. The van der Waals surface area contributed by atoms with E-state index in [4.69, 9.17) is 16.7 Å². The van der Waals surface area contributed by atoms with Crippen LogP contribution in [-0.2, 0) is 4.79 Å². The van der Waals surface area contributed by atoms with E-state index in [-0.39, 0.29) is 5.92 Å². The van der Waals surface area contributed by atoms with Crippen molar-refractivity contribution in [2.75, 3.05) is 13.1 Å². The van der Waals surface area contributed by atoms with Crippen LogP contribution in [0.25, 0.3) is 0 Å². The molecule has 2 heterocycles. The van der Waals surface area contributed by atoms with Crippen LogP contribution in [0.3, 0.4) is 0 Å². The fourth-order valence-corrected chi connectivity index (χ4v) is 2.40. The average Bonchev–Trinajstić information content (AvgIpc) is 2.29. The summed E-state index contributed by atoms with van der Waals surface area (Å²) >= 11 is 6.07. The van der Waals surface area contributed by atoms with Gasteiger partial charge in [-0.25, -0.2) is 0 Å². The van der Waals surface area contributed by atoms with Crippen LogP contribution in [0.1, 0.15) is 17.9 Å². The largest absolute Gasteiger partial charge is 0.481 e. The maximum Gasteiger partial charge on any atom is 0.308 e. The van der Waals surface area contributed by atoms with Gasteiger partial charge in [0.1, 0.15) is 0 Å². The normalized spacial score (nSPS) is 25.3. The summed E-state index contributed by atoms with van der Waals surface area (Å²) in [4.78, 5) is 15.2. The third kappa shape index (κ3) is 2.18. The van der Waals surface area contributed by atoms with E-state index >= 15 is 0 Å². The van der Waals surface area contributed by atoms with Crippen molar-refractivity contribution in [3.8, 4) is 0 Å². The molecule has 0 spiro atoms. The number of carboxylic acid groups (broad SMARTS) is 1. The molecule has 1 aromatic heterocycles. The third-order valence-corrected chi connectivity index (χ3v) is 3.34. The van der Waals surface area contributed by atoms with Gasteiger partial charge in [0.2, 0.25) is 0 Å². The zero-order chi connectivity index (χ0) is 11.5. The van der Waals surface area contributed by atoms with E-state index in [0.29, 0.717) is 11.6 Å². The molecule has 0 aliphatic carbocycles. The Morgan fingerprint density at radius 3 is 3.12 bits per heavy atom. The molecule has 4 nitrogen and oxygen atoms in total. The number of piperidine rings is 1. The van der Waals surface area contributed by atoms with Gasteiger partial charge in [-0.15, -0.1) is 0 Å². The van der Waals surface area contributed by atoms with Gasteiger partial charge in [-0.2, -0.15) is 0 Å². The Morgan fingerprint density at radius 2 is 2.44 bits per heavy atom. The molecule has 1 aliphatic rings. The Balaban J connectivity index is 2.30. The summed E-state index contributed by atoms with van der Waals surface area (Å²) < 4.78 is 0. The first-order valence-electron chi connectivity index (χ1n) is 5.23. The van der Waals surface area contributed by atoms with Crippen LogP contribution >= 0.6 is 11.6 Å². The molecule has 0 amide bonds. The van der Waals surface area contributed by atoms with Gasteiger partial charge in [-0.1, -0.05) is 11.6 Å². The van der Waals surface area contributed by atoms with Crippen molar-refractivity contribution in [1.82, 2.24) is 10.3 Å². The van der Waals surface area contributed by atoms with Gasteiger partial charge >= 0.3 is 5.97 Å². The first kappa shape index (κ1) is 11.4. The lowest BCUT2D eigenvalue weighted by molar-refractivity contribution is -0.142. The van der Waals surface area contributed by atoms with E-state index in [0.717, 1.165) is 18.5 Å². The maximum absolute atomic E-state index is 11.1. The highest BCUT2D eigenvalue weighted by Gasteiger charge is 2.32. The average molecular weight is 241 g/mol. The zero-order valence-corrected chi connectivity index (χ0v) is 9.44. The summed E-state index contributed by atoms with van der Waals surface area (Å²) in [5, 5.41) is 12.9. The van der Waals surface area contributed by atoms with Gasteiger partial charge in [0, 0.05) is 29.9 Å². The van der Waals surface area contributed by atoms with E-state index in [2.05, 4.69) is 10.3 Å². The molecule has 2 rings (SSSR count). The summed E-state index contributed by atoms with van der Waals surface area (Å²) in [7, 11) is 0. The van der Waals surface area contributed by atoms with E-state index in [1.54, 1.807) is 18.5 Å². The number of aliphatic carboxylic acids is 1. The van der Waals surface area contributed by atoms with E-state index in [9.17, 15) is 4.79 Å². The standard InChI is InChI=1S/C11H13ClN2O2/c12-10-2-4-14-5-8(10)7-1-3-13-6-9(7)11(15)16/h2,4-5,7,9,13H,1,3,6H2,(H,15,16). The molecule has 2 atom stereocenters. The molecule has 2 unspecified atom stereocenters. The quantitative estimate of drug-likeness (QED) is 0.823. The second-order valence-electron chi connectivity index (χ2n) is 3.94. The Bertz CT molecular complexity index is 397. The van der Waals surface area contributed by atoms with Crippen LogP contribution < -0.4 is 5.32 Å². The number of carbonyl (C=O) groups is 1. The second-order valence-corrected chi connectivity index (χ2v) is 4.35. The van der Waals surface area contributed by atoms with Crippen molar-refractivity contribution in [2.45, 2.75) is 12.3 Å². The number of nitrogens with zero attached hydrogens (tertiary/aromatic N) is 1. The Hall–Kier alpha value is -1.13. The van der Waals surface area contributed by atoms with Crippen LogP contribution in [0.5, 0.6) is 0 Å². The molecule has 5 heteroatoms. The number of pyridine rings is 1. The summed E-state index contributed by atoms with van der Waals surface area (Å²) in [5.41, 5.74) is 0.845. The zero-order valence-electron chi connectivity index (χ0n) is 8.69. The van der Waals surface area contributed by atoms with Crippen molar-refractivity contribution in [3.63, 3.8) is 0 Å². The molecular weight excluding hydrogens is 228 g/mol. The minimum absolute atomic E-state index is 0.0417. The minimum Gasteiger partial charge on any atom is -0.481 e. The fraction of sp³-hybridized carbons (Fsp3) is 0.455. The van der Waals surface area contributed by atoms with Crippen LogP contribution in [0.2, 0.25) is 5.02 Å². The number of hydrogen-bond acceptors (Lipinski definition) is 3. The van der Waals surface area contributed by atoms with Gasteiger partial charge in [0.25, 0.3) is 0 Å². The molecule has 1 saturated heterocycles. The molecule has 2 N–H and O–H groups in total. The van der Waals surface area contributed by atoms with Crippen molar-refractivity contribution in [3.05, 3.63) is 29.0 Å². The van der Waals surface area contributed by atoms with Crippen LogP contribution in [0.15, 0.2) is 18.5 Å². The third-order valence-electron chi connectivity index (χ3n) is 3.00. The van der Waals surface area contributed by atoms with E-state index in [1.165, 1.54) is 0 Å². The highest BCUT2D eigenvalue weighted by molar-refractivity contribution is 6.31. The van der Waals surface area contributed by atoms with Crippen molar-refractivity contribution < 1.29 is 9.90 Å². The number of hydrogen-bond donors (Lipinski definition) is 2. The Kier molecular flexibility index (Phi) is 3.41. The summed E-state index contributed by atoms with van der Waals surface area (Å²) in [5.74, 6) is -1.24. The molecule has 1 fully saturated rings. The van der Waals surface area contributed by atoms with Crippen LogP contribution in [-0.4, -0.2) is 29.1 Å². The molecule has 1 aromatic rings. The highest BCUT2D eigenvalue weighted by Crippen LogP contribution is 2.34. The molecule has 0 bridgehead atoms. The van der Waals surface area contributed by atoms with E-state index < -0.39 is 11.9 Å². The second kappa shape index (κ2) is 4.80. The van der Waals surface area contributed by atoms with Gasteiger partial charge in [0.05, 0.1) is 5.92 Å². The van der Waals surface area contributed by atoms with Gasteiger partial charge < -0.3 is 10.4 Å². The Labute approximate surface area is 98.6 Å². The lowest BCUT2D eigenvalue weighted by atomic mass is 9.82. The SMILES string of the molecule is O=C(O)C1CNCCC1c1cnccc1Cl. The fourth-order valence-electron chi connectivity index (χ4n) is 2.15. The molecule has 0 saturated carbocycles. The minimum atomic E-state index is -0.780. The molecule has 0 aromatic carbocycles. The predicted molar refractivity (Wildman–Crippen MR) is 60.6 cm³/mol. The molecule has 86 valence electrons. The van der Waals surface area contributed by atoms with Crippen molar-refractivity contribution in [2.24, 2.45) is 5.92 Å². The molecule has 0 radical (unpaired) electrons. The number of rotatable bonds is 2. The monoisotopic (exact) mass is 240 g/mol. The molecule has 1 aliphatic heterocycles. The van der Waals surface area contributed by atoms with Crippen LogP contribution in [0, 0.1) is 5.92 Å².